The predicted octanol–water partition coefficient (Wildman–Crippen LogP) is 2.68. The fourth-order valence-corrected chi connectivity index (χ4v) is 4.37. The highest BCUT2D eigenvalue weighted by Gasteiger charge is 2.26. The summed E-state index contributed by atoms with van der Waals surface area (Å²) in [5.74, 6) is -0.0275. The number of amides is 2. The molecule has 0 aliphatic heterocycles. The number of likely N-dealkylation sites (N-methyl/N-ethyl adjacent to an activating group) is 1. The lowest BCUT2D eigenvalue weighted by atomic mass is 10.1. The molecule has 0 atom stereocenters. The molecule has 0 radical (unpaired) electrons. The number of ether oxygens (including phenoxy) is 3. The Morgan fingerprint density at radius 2 is 1.88 bits per heavy atom. The second kappa shape index (κ2) is 11.5. The lowest BCUT2D eigenvalue weighted by molar-refractivity contribution is -0.117. The predicted molar refractivity (Wildman–Crippen MR) is 123 cm³/mol. The van der Waals surface area contributed by atoms with Crippen LogP contribution in [0.15, 0.2) is 18.2 Å². The van der Waals surface area contributed by atoms with Crippen molar-refractivity contribution in [2.45, 2.75) is 20.4 Å². The van der Waals surface area contributed by atoms with E-state index in [1.807, 2.05) is 12.1 Å². The molecule has 174 valence electrons. The van der Waals surface area contributed by atoms with Gasteiger partial charge in [-0.3, -0.25) is 14.5 Å². The molecule has 0 bridgehead atoms. The van der Waals surface area contributed by atoms with Crippen molar-refractivity contribution in [3.8, 4) is 11.5 Å². The van der Waals surface area contributed by atoms with Crippen molar-refractivity contribution in [1.29, 1.82) is 0 Å². The van der Waals surface area contributed by atoms with Crippen LogP contribution < -0.4 is 20.1 Å². The van der Waals surface area contributed by atoms with Crippen LogP contribution in [0.5, 0.6) is 11.5 Å². The number of rotatable bonds is 10. The summed E-state index contributed by atoms with van der Waals surface area (Å²) in [6.07, 6.45) is 0. The third-order valence-corrected chi connectivity index (χ3v) is 5.86. The number of anilines is 1. The minimum absolute atomic E-state index is 0.0505. The molecule has 2 rings (SSSR count). The van der Waals surface area contributed by atoms with Gasteiger partial charge in [-0.2, -0.15) is 0 Å². The molecule has 0 saturated heterocycles. The van der Waals surface area contributed by atoms with Crippen molar-refractivity contribution >= 4 is 34.1 Å². The Bertz CT molecular complexity index is 988. The van der Waals surface area contributed by atoms with E-state index in [4.69, 9.17) is 14.2 Å². The topological polar surface area (TPSA) is 106 Å². The Hall–Kier alpha value is -3.11. The van der Waals surface area contributed by atoms with E-state index in [1.165, 1.54) is 7.05 Å². The number of thiophene rings is 1. The maximum absolute atomic E-state index is 12.7. The molecule has 0 unspecified atom stereocenters. The standard InChI is InChI=1S/C22H29N3O6S/c1-7-31-22(28)17-13(2)19(20(27)23-3)32-21(17)24-16(26)12-25(4)11-14-9-8-10-15(29-5)18(14)30-6/h8-10H,7,11-12H2,1-6H3,(H,23,27)(H,24,26). The van der Waals surface area contributed by atoms with Crippen LogP contribution in [0, 0.1) is 6.92 Å². The first kappa shape index (κ1) is 25.2. The van der Waals surface area contributed by atoms with E-state index in [2.05, 4.69) is 10.6 Å². The molecule has 2 amide bonds. The summed E-state index contributed by atoms with van der Waals surface area (Å²) >= 11 is 1.04. The molecule has 2 aromatic rings. The third-order valence-electron chi connectivity index (χ3n) is 4.65. The number of nitrogens with zero attached hydrogens (tertiary/aromatic N) is 1. The molecule has 0 aliphatic carbocycles. The van der Waals surface area contributed by atoms with Gasteiger partial charge in [0.1, 0.15) is 5.00 Å². The second-order valence-corrected chi connectivity index (χ2v) is 7.95. The smallest absolute Gasteiger partial charge is 0.341 e. The maximum atomic E-state index is 12.7. The van der Waals surface area contributed by atoms with Crippen LogP contribution in [0.1, 0.15) is 38.1 Å². The Morgan fingerprint density at radius 1 is 1.16 bits per heavy atom. The highest BCUT2D eigenvalue weighted by atomic mass is 32.1. The zero-order valence-corrected chi connectivity index (χ0v) is 20.0. The van der Waals surface area contributed by atoms with Crippen LogP contribution in [0.2, 0.25) is 0 Å². The molecule has 0 fully saturated rings. The van der Waals surface area contributed by atoms with Gasteiger partial charge in [0.25, 0.3) is 5.91 Å². The molecule has 1 heterocycles. The zero-order chi connectivity index (χ0) is 23.8. The summed E-state index contributed by atoms with van der Waals surface area (Å²) in [7, 11) is 6.43. The number of para-hydroxylation sites is 1. The Labute approximate surface area is 191 Å². The minimum atomic E-state index is -0.582. The van der Waals surface area contributed by atoms with E-state index < -0.39 is 5.97 Å². The van der Waals surface area contributed by atoms with Gasteiger partial charge in [0.05, 0.1) is 37.8 Å². The quantitative estimate of drug-likeness (QED) is 0.522. The number of esters is 1. The molecule has 9 nitrogen and oxygen atoms in total. The van der Waals surface area contributed by atoms with Gasteiger partial charge in [-0.25, -0.2) is 4.79 Å². The first-order chi connectivity index (χ1) is 15.3. The average Bonchev–Trinajstić information content (AvgIpc) is 3.08. The van der Waals surface area contributed by atoms with E-state index in [1.54, 1.807) is 46.1 Å². The van der Waals surface area contributed by atoms with Gasteiger partial charge in [-0.05, 0) is 32.5 Å². The summed E-state index contributed by atoms with van der Waals surface area (Å²) < 4.78 is 15.9. The maximum Gasteiger partial charge on any atom is 0.341 e. The summed E-state index contributed by atoms with van der Waals surface area (Å²) in [6.45, 7) is 4.02. The summed E-state index contributed by atoms with van der Waals surface area (Å²) in [4.78, 5) is 39.5. The van der Waals surface area contributed by atoms with Gasteiger partial charge < -0.3 is 24.8 Å². The van der Waals surface area contributed by atoms with Crippen LogP contribution >= 0.6 is 11.3 Å². The average molecular weight is 464 g/mol. The monoisotopic (exact) mass is 463 g/mol. The summed E-state index contributed by atoms with van der Waals surface area (Å²) in [6, 6.07) is 5.55. The van der Waals surface area contributed by atoms with Gasteiger partial charge >= 0.3 is 5.97 Å². The Balaban J connectivity index is 2.19. The minimum Gasteiger partial charge on any atom is -0.493 e. The molecule has 32 heavy (non-hydrogen) atoms. The van der Waals surface area contributed by atoms with Crippen LogP contribution in [-0.4, -0.2) is 64.2 Å². The number of hydrogen-bond donors (Lipinski definition) is 2. The molecule has 0 aliphatic rings. The molecular weight excluding hydrogens is 434 g/mol. The van der Waals surface area contributed by atoms with Gasteiger partial charge in [-0.1, -0.05) is 12.1 Å². The second-order valence-electron chi connectivity index (χ2n) is 6.93. The van der Waals surface area contributed by atoms with Crippen LogP contribution in [-0.2, 0) is 16.1 Å². The van der Waals surface area contributed by atoms with Gasteiger partial charge in [0.2, 0.25) is 5.91 Å². The van der Waals surface area contributed by atoms with Crippen molar-refractivity contribution in [2.75, 3.05) is 46.8 Å². The largest absolute Gasteiger partial charge is 0.493 e. The number of benzene rings is 1. The molecule has 10 heteroatoms. The summed E-state index contributed by atoms with van der Waals surface area (Å²) in [5, 5.41) is 5.59. The van der Waals surface area contributed by atoms with Crippen LogP contribution in [0.25, 0.3) is 0 Å². The van der Waals surface area contributed by atoms with Gasteiger partial charge in [-0.15, -0.1) is 11.3 Å². The molecule has 0 spiro atoms. The van der Waals surface area contributed by atoms with E-state index in [0.717, 1.165) is 16.9 Å². The molecule has 1 aromatic heterocycles. The SMILES string of the molecule is CCOC(=O)c1c(NC(=O)CN(C)Cc2cccc(OC)c2OC)sc(C(=O)NC)c1C. The van der Waals surface area contributed by atoms with E-state index in [9.17, 15) is 14.4 Å². The Morgan fingerprint density at radius 3 is 2.47 bits per heavy atom. The van der Waals surface area contributed by atoms with E-state index >= 15 is 0 Å². The fourth-order valence-electron chi connectivity index (χ4n) is 3.22. The van der Waals surface area contributed by atoms with Crippen molar-refractivity contribution in [1.82, 2.24) is 10.2 Å². The van der Waals surface area contributed by atoms with Crippen molar-refractivity contribution < 1.29 is 28.6 Å². The summed E-state index contributed by atoms with van der Waals surface area (Å²) in [5.41, 5.74) is 1.53. The number of nitrogens with one attached hydrogen (secondary N) is 2. The highest BCUT2D eigenvalue weighted by Crippen LogP contribution is 2.34. The third kappa shape index (κ3) is 5.77. The number of methoxy groups -OCH3 is 2. The normalized spacial score (nSPS) is 10.6. The highest BCUT2D eigenvalue weighted by molar-refractivity contribution is 7.18. The molecular formula is C22H29N3O6S. The number of hydrogen-bond acceptors (Lipinski definition) is 8. The van der Waals surface area contributed by atoms with E-state index in [-0.39, 0.29) is 35.5 Å². The van der Waals surface area contributed by atoms with Gasteiger partial charge in [0.15, 0.2) is 11.5 Å². The molecule has 1 aromatic carbocycles. The van der Waals surface area contributed by atoms with Crippen molar-refractivity contribution in [3.05, 3.63) is 39.8 Å². The first-order valence-electron chi connectivity index (χ1n) is 9.98. The van der Waals surface area contributed by atoms with Gasteiger partial charge in [0, 0.05) is 19.2 Å². The van der Waals surface area contributed by atoms with Crippen molar-refractivity contribution in [3.63, 3.8) is 0 Å². The van der Waals surface area contributed by atoms with Crippen LogP contribution in [0.4, 0.5) is 5.00 Å². The molecule has 2 N–H and O–H groups in total. The van der Waals surface area contributed by atoms with Crippen LogP contribution in [0.3, 0.4) is 0 Å². The number of carbonyl (C=O) groups is 3. The first-order valence-corrected chi connectivity index (χ1v) is 10.8. The zero-order valence-electron chi connectivity index (χ0n) is 19.2. The lowest BCUT2D eigenvalue weighted by Crippen LogP contribution is -2.30. The lowest BCUT2D eigenvalue weighted by Gasteiger charge is -2.19. The Kier molecular flexibility index (Phi) is 9.03. The fraction of sp³-hybridized carbons (Fsp3) is 0.409. The molecule has 0 saturated carbocycles. The van der Waals surface area contributed by atoms with E-state index in [0.29, 0.717) is 28.5 Å². The number of carbonyl (C=O) groups excluding carboxylic acids is 3. The van der Waals surface area contributed by atoms with Crippen molar-refractivity contribution in [2.24, 2.45) is 0 Å².